The molecule has 0 aliphatic rings. The van der Waals surface area contributed by atoms with Gasteiger partial charge in [-0.15, -0.1) is 0 Å². The van der Waals surface area contributed by atoms with Crippen LogP contribution >= 0.6 is 11.6 Å². The molecule has 0 bridgehead atoms. The van der Waals surface area contributed by atoms with Gasteiger partial charge in [0, 0.05) is 13.0 Å². The molecule has 0 fully saturated rings. The van der Waals surface area contributed by atoms with Gasteiger partial charge in [-0.3, -0.25) is 20.4 Å². The van der Waals surface area contributed by atoms with Gasteiger partial charge in [-0.05, 0) is 30.2 Å². The number of hydrazine groups is 1. The molecule has 0 saturated heterocycles. The molecule has 1 rings (SSSR count). The van der Waals surface area contributed by atoms with Crippen molar-refractivity contribution in [3.63, 3.8) is 0 Å². The van der Waals surface area contributed by atoms with Crippen LogP contribution in [0, 0.1) is 0 Å². The summed E-state index contributed by atoms with van der Waals surface area (Å²) in [6.07, 6.45) is 3.43. The lowest BCUT2D eigenvalue weighted by molar-refractivity contribution is -0.144. The van der Waals surface area contributed by atoms with Crippen LogP contribution in [0.5, 0.6) is 11.5 Å². The van der Waals surface area contributed by atoms with Crippen molar-refractivity contribution in [3.8, 4) is 11.5 Å². The fraction of sp³-hybridized carbons (Fsp3) is 0.353. The zero-order chi connectivity index (χ0) is 19.5. The van der Waals surface area contributed by atoms with Gasteiger partial charge in [-0.25, -0.2) is 4.79 Å². The topological polar surface area (TPSA) is 103 Å². The lowest BCUT2D eigenvalue weighted by Crippen LogP contribution is -2.42. The molecule has 0 heterocycles. The van der Waals surface area contributed by atoms with Gasteiger partial charge in [0.05, 0.1) is 18.7 Å². The Balaban J connectivity index is 2.66. The van der Waals surface area contributed by atoms with E-state index >= 15 is 0 Å². The van der Waals surface area contributed by atoms with Crippen LogP contribution in [0.4, 0.5) is 0 Å². The third kappa shape index (κ3) is 7.43. The molecule has 0 aromatic heterocycles. The van der Waals surface area contributed by atoms with Crippen LogP contribution in [0.15, 0.2) is 18.2 Å². The number of benzene rings is 1. The van der Waals surface area contributed by atoms with Crippen LogP contribution in [0.25, 0.3) is 6.08 Å². The van der Waals surface area contributed by atoms with Gasteiger partial charge in [-0.2, -0.15) is 0 Å². The van der Waals surface area contributed by atoms with Gasteiger partial charge in [0.25, 0.3) is 5.91 Å². The first-order valence-corrected chi connectivity index (χ1v) is 8.15. The summed E-state index contributed by atoms with van der Waals surface area (Å²) in [5, 5.41) is 0.348. The number of amides is 2. The van der Waals surface area contributed by atoms with Crippen molar-refractivity contribution < 1.29 is 28.6 Å². The summed E-state index contributed by atoms with van der Waals surface area (Å²) in [6, 6.07) is 3.27. The highest BCUT2D eigenvalue weighted by Gasteiger charge is 2.11. The molecule has 2 amide bonds. The average Bonchev–Trinajstić information content (AvgIpc) is 2.61. The molecule has 1 aromatic rings. The van der Waals surface area contributed by atoms with Crippen LogP contribution in [-0.4, -0.2) is 38.1 Å². The highest BCUT2D eigenvalue weighted by molar-refractivity contribution is 6.32. The Morgan fingerprint density at radius 3 is 2.58 bits per heavy atom. The van der Waals surface area contributed by atoms with Crippen molar-refractivity contribution in [3.05, 3.63) is 28.8 Å². The van der Waals surface area contributed by atoms with Gasteiger partial charge in [-0.1, -0.05) is 18.5 Å². The number of halogens is 1. The van der Waals surface area contributed by atoms with Crippen molar-refractivity contribution in [1.82, 2.24) is 10.9 Å². The van der Waals surface area contributed by atoms with Crippen LogP contribution in [0.3, 0.4) is 0 Å². The Hall–Kier alpha value is -2.74. The molecular weight excluding hydrogens is 364 g/mol. The summed E-state index contributed by atoms with van der Waals surface area (Å²) in [5.74, 6) is -0.964. The van der Waals surface area contributed by atoms with E-state index in [-0.39, 0.29) is 0 Å². The van der Waals surface area contributed by atoms with E-state index in [1.807, 2.05) is 6.92 Å². The maximum Gasteiger partial charge on any atom is 0.331 e. The zero-order valence-corrected chi connectivity index (χ0v) is 15.5. The van der Waals surface area contributed by atoms with Crippen molar-refractivity contribution in [1.29, 1.82) is 0 Å². The number of ether oxygens (including phenoxy) is 3. The quantitative estimate of drug-likeness (QED) is 0.403. The van der Waals surface area contributed by atoms with Crippen molar-refractivity contribution >= 4 is 35.5 Å². The summed E-state index contributed by atoms with van der Waals surface area (Å²) in [5.41, 5.74) is 4.74. The maximum absolute atomic E-state index is 11.6. The summed E-state index contributed by atoms with van der Waals surface area (Å²) < 4.78 is 15.5. The van der Waals surface area contributed by atoms with E-state index in [2.05, 4.69) is 10.9 Å². The summed E-state index contributed by atoms with van der Waals surface area (Å²) >= 11 is 6.18. The van der Waals surface area contributed by atoms with Crippen LogP contribution in [0.2, 0.25) is 5.02 Å². The molecule has 142 valence electrons. The van der Waals surface area contributed by atoms with E-state index in [0.717, 1.165) is 12.5 Å². The second-order valence-corrected chi connectivity index (χ2v) is 5.46. The van der Waals surface area contributed by atoms with Crippen LogP contribution < -0.4 is 20.3 Å². The fourth-order valence-electron chi connectivity index (χ4n) is 1.72. The summed E-state index contributed by atoms with van der Waals surface area (Å²) in [7, 11) is 1.49. The zero-order valence-electron chi connectivity index (χ0n) is 14.8. The molecule has 0 aliphatic carbocycles. The van der Waals surface area contributed by atoms with Gasteiger partial charge in [0.1, 0.15) is 0 Å². The first-order valence-electron chi connectivity index (χ1n) is 7.78. The molecule has 0 radical (unpaired) electrons. The Labute approximate surface area is 156 Å². The number of nitrogens with one attached hydrogen (secondary N) is 2. The molecule has 0 saturated carbocycles. The van der Waals surface area contributed by atoms with Crippen molar-refractivity contribution in [2.24, 2.45) is 0 Å². The minimum absolute atomic E-state index is 0.348. The molecule has 8 nitrogen and oxygen atoms in total. The van der Waals surface area contributed by atoms with E-state index in [0.29, 0.717) is 28.7 Å². The minimum atomic E-state index is -0.732. The smallest absolute Gasteiger partial charge is 0.331 e. The van der Waals surface area contributed by atoms with E-state index in [9.17, 15) is 14.4 Å². The molecule has 1 aromatic carbocycles. The molecule has 9 heteroatoms. The molecule has 2 N–H and O–H groups in total. The van der Waals surface area contributed by atoms with E-state index < -0.39 is 24.4 Å². The van der Waals surface area contributed by atoms with Gasteiger partial charge >= 0.3 is 5.97 Å². The second-order valence-electron chi connectivity index (χ2n) is 5.05. The number of carbonyl (C=O) groups excluding carboxylic acids is 3. The van der Waals surface area contributed by atoms with Gasteiger partial charge in [0.15, 0.2) is 18.1 Å². The van der Waals surface area contributed by atoms with Crippen LogP contribution in [0.1, 0.15) is 25.8 Å². The molecule has 26 heavy (non-hydrogen) atoms. The average molecular weight is 385 g/mol. The number of hydrogen-bond donors (Lipinski definition) is 2. The summed E-state index contributed by atoms with van der Waals surface area (Å²) in [4.78, 5) is 33.6. The largest absolute Gasteiger partial charge is 0.493 e. The highest BCUT2D eigenvalue weighted by Crippen LogP contribution is 2.36. The first-order chi connectivity index (χ1) is 12.4. The Kier molecular flexibility index (Phi) is 9.00. The monoisotopic (exact) mass is 384 g/mol. The Morgan fingerprint density at radius 2 is 1.96 bits per heavy atom. The molecule has 0 unspecified atom stereocenters. The van der Waals surface area contributed by atoms with Gasteiger partial charge in [0.2, 0.25) is 5.91 Å². The third-order valence-corrected chi connectivity index (χ3v) is 3.12. The maximum atomic E-state index is 11.6. The predicted octanol–water partition coefficient (Wildman–Crippen LogP) is 1.86. The fourth-order valence-corrected chi connectivity index (χ4v) is 2.00. The Bertz CT molecular complexity index is 690. The van der Waals surface area contributed by atoms with E-state index in [1.54, 1.807) is 12.1 Å². The minimum Gasteiger partial charge on any atom is -0.493 e. The van der Waals surface area contributed by atoms with E-state index in [1.165, 1.54) is 20.1 Å². The van der Waals surface area contributed by atoms with Crippen molar-refractivity contribution in [2.75, 3.05) is 20.3 Å². The number of hydrogen-bond acceptors (Lipinski definition) is 6. The third-order valence-electron chi connectivity index (χ3n) is 2.84. The lowest BCUT2D eigenvalue weighted by Gasteiger charge is -2.12. The van der Waals surface area contributed by atoms with Crippen LogP contribution in [-0.2, 0) is 19.1 Å². The first kappa shape index (κ1) is 21.3. The number of carbonyl (C=O) groups is 3. The highest BCUT2D eigenvalue weighted by atomic mass is 35.5. The van der Waals surface area contributed by atoms with Crippen molar-refractivity contribution in [2.45, 2.75) is 20.3 Å². The Morgan fingerprint density at radius 1 is 1.23 bits per heavy atom. The SMILES string of the molecule is CCCOc1c(Cl)cc(/C=C/C(=O)OCC(=O)NNC(C)=O)cc1OC. The standard InChI is InChI=1S/C17H21ClN2O6/c1-4-7-25-17-13(18)8-12(9-14(17)24-3)5-6-16(23)26-10-15(22)20-19-11(2)21/h5-6,8-9H,4,7,10H2,1-3H3,(H,19,21)(H,20,22)/b6-5+. The van der Waals surface area contributed by atoms with Gasteiger partial charge < -0.3 is 14.2 Å². The normalized spacial score (nSPS) is 10.3. The predicted molar refractivity (Wildman–Crippen MR) is 95.7 cm³/mol. The number of methoxy groups -OCH3 is 1. The molecule has 0 atom stereocenters. The molecule has 0 spiro atoms. The lowest BCUT2D eigenvalue weighted by atomic mass is 10.2. The molecule has 0 aliphatic heterocycles. The number of esters is 1. The second kappa shape index (κ2) is 11.0. The van der Waals surface area contributed by atoms with E-state index in [4.69, 9.17) is 25.8 Å². The summed E-state index contributed by atoms with van der Waals surface area (Å²) in [6.45, 7) is 3.17. The number of rotatable bonds is 8. The molecular formula is C17H21ClN2O6.